The predicted octanol–water partition coefficient (Wildman–Crippen LogP) is 1.07. The summed E-state index contributed by atoms with van der Waals surface area (Å²) in [7, 11) is 1.81. The van der Waals surface area contributed by atoms with Crippen LogP contribution in [0.1, 0.15) is 19.5 Å². The Morgan fingerprint density at radius 3 is 2.71 bits per heavy atom. The van der Waals surface area contributed by atoms with E-state index in [4.69, 9.17) is 5.73 Å². The standard InChI is InChI=1S/C13H21N3O/c1-10(11(2)14)13(17)16(3)9-7-12-6-4-5-8-15-12/h4-6,8,10-11H,7,9,14H2,1-3H3. The van der Waals surface area contributed by atoms with Crippen molar-refractivity contribution in [1.82, 2.24) is 9.88 Å². The first-order valence-corrected chi connectivity index (χ1v) is 5.93. The zero-order valence-corrected chi connectivity index (χ0v) is 10.8. The lowest BCUT2D eigenvalue weighted by molar-refractivity contribution is -0.134. The highest BCUT2D eigenvalue weighted by atomic mass is 16.2. The third kappa shape index (κ3) is 4.15. The zero-order chi connectivity index (χ0) is 12.8. The van der Waals surface area contributed by atoms with Crippen molar-refractivity contribution in [1.29, 1.82) is 0 Å². The van der Waals surface area contributed by atoms with Crippen molar-refractivity contribution in [3.63, 3.8) is 0 Å². The van der Waals surface area contributed by atoms with Crippen molar-refractivity contribution in [2.24, 2.45) is 11.7 Å². The average Bonchev–Trinajstić information content (AvgIpc) is 2.35. The summed E-state index contributed by atoms with van der Waals surface area (Å²) in [6.45, 7) is 4.40. The van der Waals surface area contributed by atoms with Gasteiger partial charge in [-0.05, 0) is 19.1 Å². The average molecular weight is 235 g/mol. The Hall–Kier alpha value is -1.42. The van der Waals surface area contributed by atoms with Gasteiger partial charge in [-0.2, -0.15) is 0 Å². The maximum absolute atomic E-state index is 11.9. The number of nitrogens with zero attached hydrogens (tertiary/aromatic N) is 2. The summed E-state index contributed by atoms with van der Waals surface area (Å²) in [6.07, 6.45) is 2.54. The summed E-state index contributed by atoms with van der Waals surface area (Å²) < 4.78 is 0. The Morgan fingerprint density at radius 1 is 1.47 bits per heavy atom. The highest BCUT2D eigenvalue weighted by Gasteiger charge is 2.20. The van der Waals surface area contributed by atoms with E-state index in [0.29, 0.717) is 6.54 Å². The topological polar surface area (TPSA) is 59.2 Å². The third-order valence-electron chi connectivity index (χ3n) is 2.98. The number of rotatable bonds is 5. The maximum Gasteiger partial charge on any atom is 0.226 e. The summed E-state index contributed by atoms with van der Waals surface area (Å²) in [4.78, 5) is 17.9. The lowest BCUT2D eigenvalue weighted by Crippen LogP contribution is -2.40. The molecule has 0 aromatic carbocycles. The van der Waals surface area contributed by atoms with Crippen molar-refractivity contribution in [3.05, 3.63) is 30.1 Å². The van der Waals surface area contributed by atoms with Gasteiger partial charge >= 0.3 is 0 Å². The van der Waals surface area contributed by atoms with E-state index in [1.165, 1.54) is 0 Å². The Balaban J connectivity index is 2.45. The first-order valence-electron chi connectivity index (χ1n) is 5.93. The minimum Gasteiger partial charge on any atom is -0.345 e. The van der Waals surface area contributed by atoms with Gasteiger partial charge in [-0.25, -0.2) is 0 Å². The highest BCUT2D eigenvalue weighted by Crippen LogP contribution is 2.05. The second kappa shape index (κ2) is 6.35. The van der Waals surface area contributed by atoms with Crippen LogP contribution in [0.15, 0.2) is 24.4 Å². The zero-order valence-electron chi connectivity index (χ0n) is 10.8. The molecule has 1 heterocycles. The molecule has 0 spiro atoms. The maximum atomic E-state index is 11.9. The molecule has 0 radical (unpaired) electrons. The van der Waals surface area contributed by atoms with Gasteiger partial charge in [-0.1, -0.05) is 13.0 Å². The number of carbonyl (C=O) groups is 1. The smallest absolute Gasteiger partial charge is 0.226 e. The number of carbonyl (C=O) groups excluding carboxylic acids is 1. The molecule has 0 aliphatic carbocycles. The summed E-state index contributed by atoms with van der Waals surface area (Å²) in [5.41, 5.74) is 6.72. The van der Waals surface area contributed by atoms with E-state index in [1.807, 2.05) is 39.1 Å². The normalized spacial score (nSPS) is 14.1. The molecule has 1 aromatic rings. The fourth-order valence-electron chi connectivity index (χ4n) is 1.51. The van der Waals surface area contributed by atoms with Gasteiger partial charge in [0.15, 0.2) is 0 Å². The molecule has 17 heavy (non-hydrogen) atoms. The molecule has 0 bridgehead atoms. The molecule has 94 valence electrons. The largest absolute Gasteiger partial charge is 0.345 e. The molecule has 0 saturated heterocycles. The minimum atomic E-state index is -0.135. The SMILES string of the molecule is CC(N)C(C)C(=O)N(C)CCc1ccccn1. The minimum absolute atomic E-state index is 0.0935. The van der Waals surface area contributed by atoms with Gasteiger partial charge in [0.1, 0.15) is 0 Å². The third-order valence-corrected chi connectivity index (χ3v) is 2.98. The van der Waals surface area contributed by atoms with E-state index < -0.39 is 0 Å². The summed E-state index contributed by atoms with van der Waals surface area (Å²) in [5, 5.41) is 0. The molecule has 0 fully saturated rings. The lowest BCUT2D eigenvalue weighted by atomic mass is 10.0. The van der Waals surface area contributed by atoms with E-state index in [0.717, 1.165) is 12.1 Å². The van der Waals surface area contributed by atoms with Gasteiger partial charge in [-0.3, -0.25) is 9.78 Å². The molecule has 1 amide bonds. The van der Waals surface area contributed by atoms with E-state index >= 15 is 0 Å². The van der Waals surface area contributed by atoms with E-state index in [-0.39, 0.29) is 17.9 Å². The van der Waals surface area contributed by atoms with Gasteiger partial charge in [0.25, 0.3) is 0 Å². The van der Waals surface area contributed by atoms with Crippen LogP contribution in [0.4, 0.5) is 0 Å². The molecule has 2 atom stereocenters. The number of aromatic nitrogens is 1. The van der Waals surface area contributed by atoms with Gasteiger partial charge < -0.3 is 10.6 Å². The second-order valence-corrected chi connectivity index (χ2v) is 4.48. The molecule has 0 aliphatic heterocycles. The Morgan fingerprint density at radius 2 is 2.18 bits per heavy atom. The van der Waals surface area contributed by atoms with E-state index in [2.05, 4.69) is 4.98 Å². The van der Waals surface area contributed by atoms with Gasteiger partial charge in [0, 0.05) is 37.9 Å². The monoisotopic (exact) mass is 235 g/mol. The summed E-state index contributed by atoms with van der Waals surface area (Å²) in [5.74, 6) is -0.0420. The lowest BCUT2D eigenvalue weighted by Gasteiger charge is -2.23. The number of pyridine rings is 1. The quantitative estimate of drug-likeness (QED) is 0.830. The first-order chi connectivity index (χ1) is 8.02. The van der Waals surface area contributed by atoms with Crippen molar-refractivity contribution in [2.45, 2.75) is 26.3 Å². The van der Waals surface area contributed by atoms with Gasteiger partial charge in [0.05, 0.1) is 5.92 Å². The molecule has 0 aliphatic rings. The first kappa shape index (κ1) is 13.6. The number of amides is 1. The van der Waals surface area contributed by atoms with Crippen molar-refractivity contribution in [3.8, 4) is 0 Å². The van der Waals surface area contributed by atoms with Crippen molar-refractivity contribution in [2.75, 3.05) is 13.6 Å². The number of hydrogen-bond donors (Lipinski definition) is 1. The molecular weight excluding hydrogens is 214 g/mol. The highest BCUT2D eigenvalue weighted by molar-refractivity contribution is 5.78. The van der Waals surface area contributed by atoms with Crippen LogP contribution in [0.2, 0.25) is 0 Å². The van der Waals surface area contributed by atoms with Crippen LogP contribution in [-0.4, -0.2) is 35.4 Å². The predicted molar refractivity (Wildman–Crippen MR) is 68.4 cm³/mol. The fraction of sp³-hybridized carbons (Fsp3) is 0.538. The second-order valence-electron chi connectivity index (χ2n) is 4.48. The molecule has 2 unspecified atom stereocenters. The molecule has 4 heteroatoms. The van der Waals surface area contributed by atoms with Crippen LogP contribution >= 0.6 is 0 Å². The van der Waals surface area contributed by atoms with Crippen LogP contribution in [0.25, 0.3) is 0 Å². The molecule has 0 saturated carbocycles. The summed E-state index contributed by atoms with van der Waals surface area (Å²) >= 11 is 0. The Labute approximate surface area is 103 Å². The molecule has 1 aromatic heterocycles. The van der Waals surface area contributed by atoms with Gasteiger partial charge in [0.2, 0.25) is 5.91 Å². The number of nitrogens with two attached hydrogens (primary N) is 1. The van der Waals surface area contributed by atoms with Crippen LogP contribution in [0.3, 0.4) is 0 Å². The van der Waals surface area contributed by atoms with Crippen LogP contribution in [-0.2, 0) is 11.2 Å². The van der Waals surface area contributed by atoms with Crippen LogP contribution < -0.4 is 5.73 Å². The van der Waals surface area contributed by atoms with E-state index in [9.17, 15) is 4.79 Å². The summed E-state index contributed by atoms with van der Waals surface area (Å²) in [6, 6.07) is 5.69. The molecule has 4 nitrogen and oxygen atoms in total. The molecular formula is C13H21N3O. The van der Waals surface area contributed by atoms with Crippen LogP contribution in [0, 0.1) is 5.92 Å². The molecule has 1 rings (SSSR count). The van der Waals surface area contributed by atoms with Crippen LogP contribution in [0.5, 0.6) is 0 Å². The Kier molecular flexibility index (Phi) is 5.10. The molecule has 2 N–H and O–H groups in total. The van der Waals surface area contributed by atoms with Gasteiger partial charge in [-0.15, -0.1) is 0 Å². The van der Waals surface area contributed by atoms with Crippen molar-refractivity contribution >= 4 is 5.91 Å². The number of hydrogen-bond acceptors (Lipinski definition) is 3. The fourth-order valence-corrected chi connectivity index (χ4v) is 1.51. The Bertz CT molecular complexity index is 351. The van der Waals surface area contributed by atoms with Crippen molar-refractivity contribution < 1.29 is 4.79 Å². The van der Waals surface area contributed by atoms with E-state index in [1.54, 1.807) is 11.1 Å². The number of likely N-dealkylation sites (N-methyl/N-ethyl adjacent to an activating group) is 1.